The second kappa shape index (κ2) is 5.72. The van der Waals surface area contributed by atoms with Gasteiger partial charge in [-0.05, 0) is 23.6 Å². The zero-order chi connectivity index (χ0) is 12.4. The van der Waals surface area contributed by atoms with E-state index < -0.39 is 0 Å². The molecule has 0 saturated carbocycles. The third-order valence-electron chi connectivity index (χ3n) is 3.19. The molecule has 18 heavy (non-hydrogen) atoms. The summed E-state index contributed by atoms with van der Waals surface area (Å²) < 4.78 is 0.877. The van der Waals surface area contributed by atoms with Crippen molar-refractivity contribution in [1.29, 1.82) is 0 Å². The number of hydrogen-bond acceptors (Lipinski definition) is 4. The molecular formula is C13H15ClN2S2. The molecule has 1 N–H and O–H groups in total. The normalized spacial score (nSPS) is 18.9. The summed E-state index contributed by atoms with van der Waals surface area (Å²) in [6, 6.07) is 8.91. The molecule has 5 heteroatoms. The summed E-state index contributed by atoms with van der Waals surface area (Å²) in [6.45, 7) is 4.33. The molecule has 2 nitrogen and oxygen atoms in total. The Labute approximate surface area is 120 Å². The lowest BCUT2D eigenvalue weighted by molar-refractivity contribution is 0.203. The van der Waals surface area contributed by atoms with Crippen molar-refractivity contribution in [2.24, 2.45) is 0 Å². The van der Waals surface area contributed by atoms with E-state index in [-0.39, 0.29) is 0 Å². The van der Waals surface area contributed by atoms with Gasteiger partial charge in [0, 0.05) is 35.9 Å². The third-order valence-corrected chi connectivity index (χ3v) is 5.40. The molecule has 2 aromatic heterocycles. The Hall–Kier alpha value is -0.390. The molecule has 0 radical (unpaired) electrons. The molecule has 0 aliphatic carbocycles. The quantitative estimate of drug-likeness (QED) is 0.933. The number of nitrogens with one attached hydrogen (secondary N) is 1. The average Bonchev–Trinajstić information content (AvgIpc) is 3.04. The molecule has 96 valence electrons. The van der Waals surface area contributed by atoms with Gasteiger partial charge in [-0.3, -0.25) is 4.90 Å². The predicted octanol–water partition coefficient (Wildman–Crippen LogP) is 3.46. The summed E-state index contributed by atoms with van der Waals surface area (Å²) in [5, 5.41) is 5.56. The number of hydrogen-bond donors (Lipinski definition) is 1. The highest BCUT2D eigenvalue weighted by Gasteiger charge is 2.25. The molecule has 2 aromatic rings. The molecule has 1 aliphatic heterocycles. The molecule has 3 heterocycles. The van der Waals surface area contributed by atoms with Crippen LogP contribution in [0.25, 0.3) is 0 Å². The van der Waals surface area contributed by atoms with Crippen LogP contribution in [-0.2, 0) is 0 Å². The smallest absolute Gasteiger partial charge is 0.0931 e. The summed E-state index contributed by atoms with van der Waals surface area (Å²) in [6.07, 6.45) is 0. The van der Waals surface area contributed by atoms with Gasteiger partial charge in [0.05, 0.1) is 10.4 Å². The molecule has 3 rings (SSSR count). The fourth-order valence-corrected chi connectivity index (χ4v) is 4.53. The van der Waals surface area contributed by atoms with Crippen LogP contribution in [0.15, 0.2) is 29.6 Å². The van der Waals surface area contributed by atoms with Crippen molar-refractivity contribution in [3.05, 3.63) is 43.7 Å². The van der Waals surface area contributed by atoms with Crippen LogP contribution in [0.2, 0.25) is 4.34 Å². The largest absolute Gasteiger partial charge is 0.314 e. The van der Waals surface area contributed by atoms with Gasteiger partial charge in [-0.15, -0.1) is 22.7 Å². The van der Waals surface area contributed by atoms with E-state index in [1.807, 2.05) is 17.4 Å². The lowest BCUT2D eigenvalue weighted by atomic mass is 10.1. The maximum atomic E-state index is 6.10. The second-order valence-corrected chi connectivity index (χ2v) is 7.07. The Morgan fingerprint density at radius 1 is 1.17 bits per heavy atom. The van der Waals surface area contributed by atoms with Gasteiger partial charge in [0.15, 0.2) is 0 Å². The number of thiophene rings is 2. The minimum atomic E-state index is 0.379. The third kappa shape index (κ3) is 2.63. The number of halogens is 1. The van der Waals surface area contributed by atoms with Gasteiger partial charge in [0.1, 0.15) is 0 Å². The van der Waals surface area contributed by atoms with Crippen LogP contribution in [0, 0.1) is 0 Å². The van der Waals surface area contributed by atoms with Crippen LogP contribution in [0.1, 0.15) is 15.8 Å². The van der Waals surface area contributed by atoms with Gasteiger partial charge in [0.2, 0.25) is 0 Å². The van der Waals surface area contributed by atoms with E-state index in [9.17, 15) is 0 Å². The molecule has 1 saturated heterocycles. The van der Waals surface area contributed by atoms with Crippen molar-refractivity contribution >= 4 is 34.3 Å². The lowest BCUT2D eigenvalue weighted by Gasteiger charge is -2.33. The van der Waals surface area contributed by atoms with Crippen LogP contribution >= 0.6 is 34.3 Å². The summed E-state index contributed by atoms with van der Waals surface area (Å²) >= 11 is 9.62. The first-order chi connectivity index (χ1) is 8.84. The lowest BCUT2D eigenvalue weighted by Crippen LogP contribution is -2.45. The maximum Gasteiger partial charge on any atom is 0.0931 e. The molecule has 1 unspecified atom stereocenters. The summed E-state index contributed by atoms with van der Waals surface area (Å²) in [5.41, 5.74) is 0. The Balaban J connectivity index is 1.92. The number of nitrogens with zero attached hydrogens (tertiary/aromatic N) is 1. The van der Waals surface area contributed by atoms with E-state index in [1.54, 1.807) is 11.3 Å². The van der Waals surface area contributed by atoms with E-state index in [0.717, 1.165) is 30.5 Å². The highest BCUT2D eigenvalue weighted by molar-refractivity contribution is 7.16. The van der Waals surface area contributed by atoms with Crippen molar-refractivity contribution in [2.75, 3.05) is 26.2 Å². The van der Waals surface area contributed by atoms with Crippen molar-refractivity contribution in [3.8, 4) is 0 Å². The zero-order valence-corrected chi connectivity index (χ0v) is 12.3. The fraction of sp³-hybridized carbons (Fsp3) is 0.385. The van der Waals surface area contributed by atoms with Crippen LogP contribution < -0.4 is 5.32 Å². The Kier molecular flexibility index (Phi) is 4.01. The van der Waals surface area contributed by atoms with E-state index in [1.165, 1.54) is 9.75 Å². The molecule has 0 spiro atoms. The van der Waals surface area contributed by atoms with E-state index in [4.69, 9.17) is 11.6 Å². The van der Waals surface area contributed by atoms with Crippen molar-refractivity contribution in [1.82, 2.24) is 10.2 Å². The summed E-state index contributed by atoms with van der Waals surface area (Å²) in [4.78, 5) is 5.31. The van der Waals surface area contributed by atoms with Crippen LogP contribution in [0.3, 0.4) is 0 Å². The molecule has 0 amide bonds. The monoisotopic (exact) mass is 298 g/mol. The topological polar surface area (TPSA) is 15.3 Å². The van der Waals surface area contributed by atoms with Gasteiger partial charge in [-0.2, -0.15) is 0 Å². The second-order valence-electron chi connectivity index (χ2n) is 4.35. The number of piperazine rings is 1. The minimum Gasteiger partial charge on any atom is -0.314 e. The number of rotatable bonds is 3. The fourth-order valence-electron chi connectivity index (χ4n) is 2.36. The van der Waals surface area contributed by atoms with Crippen molar-refractivity contribution in [3.63, 3.8) is 0 Å². The molecule has 1 aliphatic rings. The first kappa shape index (κ1) is 12.6. The summed E-state index contributed by atoms with van der Waals surface area (Å²) in [7, 11) is 0. The predicted molar refractivity (Wildman–Crippen MR) is 79.9 cm³/mol. The highest BCUT2D eigenvalue weighted by Crippen LogP contribution is 2.37. The standard InChI is InChI=1S/C13H15ClN2S2/c14-12-4-3-11(18-12)13(10-2-1-9-17-10)16-7-5-15-6-8-16/h1-4,9,13,15H,5-8H2. The van der Waals surface area contributed by atoms with E-state index >= 15 is 0 Å². The Bertz CT molecular complexity index is 489. The van der Waals surface area contributed by atoms with Gasteiger partial charge in [-0.25, -0.2) is 0 Å². The highest BCUT2D eigenvalue weighted by atomic mass is 35.5. The van der Waals surface area contributed by atoms with Gasteiger partial charge >= 0.3 is 0 Å². The molecule has 1 atom stereocenters. The van der Waals surface area contributed by atoms with Crippen LogP contribution in [0.5, 0.6) is 0 Å². The molecule has 1 fully saturated rings. The van der Waals surface area contributed by atoms with Crippen LogP contribution in [0.4, 0.5) is 0 Å². The SMILES string of the molecule is Clc1ccc(C(c2cccs2)N2CCNCC2)s1. The molecule has 0 aromatic carbocycles. The van der Waals surface area contributed by atoms with Gasteiger partial charge < -0.3 is 5.32 Å². The Morgan fingerprint density at radius 3 is 2.61 bits per heavy atom. The van der Waals surface area contributed by atoms with Gasteiger partial charge in [0.25, 0.3) is 0 Å². The Morgan fingerprint density at radius 2 is 2.00 bits per heavy atom. The average molecular weight is 299 g/mol. The maximum absolute atomic E-state index is 6.10. The molecular weight excluding hydrogens is 284 g/mol. The van der Waals surface area contributed by atoms with Crippen molar-refractivity contribution in [2.45, 2.75) is 6.04 Å². The molecule has 0 bridgehead atoms. The first-order valence-corrected chi connectivity index (χ1v) is 8.15. The minimum absolute atomic E-state index is 0.379. The van der Waals surface area contributed by atoms with E-state index in [2.05, 4.69) is 33.8 Å². The first-order valence-electron chi connectivity index (χ1n) is 6.08. The summed E-state index contributed by atoms with van der Waals surface area (Å²) in [5.74, 6) is 0. The zero-order valence-electron chi connectivity index (χ0n) is 9.93. The van der Waals surface area contributed by atoms with Crippen molar-refractivity contribution < 1.29 is 0 Å². The van der Waals surface area contributed by atoms with Gasteiger partial charge in [-0.1, -0.05) is 17.7 Å². The van der Waals surface area contributed by atoms with E-state index in [0.29, 0.717) is 6.04 Å². The van der Waals surface area contributed by atoms with Crippen LogP contribution in [-0.4, -0.2) is 31.1 Å².